The molecule has 3 rings (SSSR count). The van der Waals surface area contributed by atoms with Crippen LogP contribution in [0.2, 0.25) is 0 Å². The molecule has 0 radical (unpaired) electrons. The number of hydrazone groups is 1. The van der Waals surface area contributed by atoms with E-state index in [0.29, 0.717) is 23.5 Å². The average Bonchev–Trinajstić information content (AvgIpc) is 2.58. The quantitative estimate of drug-likeness (QED) is 0.941. The van der Waals surface area contributed by atoms with Crippen LogP contribution in [0.5, 0.6) is 0 Å². The van der Waals surface area contributed by atoms with Gasteiger partial charge >= 0.3 is 0 Å². The van der Waals surface area contributed by atoms with Gasteiger partial charge in [-0.05, 0) is 37.6 Å². The SMILES string of the molecule is Cc1ccc(NC(=O)C2=NN(c3ccccc3C)C(=O)CC2)cc1. The molecule has 1 aliphatic heterocycles. The number of hydrogen-bond donors (Lipinski definition) is 1. The molecule has 1 heterocycles. The minimum absolute atomic E-state index is 0.101. The fraction of sp³-hybridized carbons (Fsp3) is 0.211. The van der Waals surface area contributed by atoms with Crippen LogP contribution < -0.4 is 10.3 Å². The number of carbonyl (C=O) groups excluding carboxylic acids is 2. The zero-order chi connectivity index (χ0) is 17.1. The van der Waals surface area contributed by atoms with E-state index in [1.54, 1.807) is 0 Å². The maximum absolute atomic E-state index is 12.4. The van der Waals surface area contributed by atoms with Gasteiger partial charge in [-0.2, -0.15) is 5.10 Å². The highest BCUT2D eigenvalue weighted by molar-refractivity contribution is 6.44. The van der Waals surface area contributed by atoms with Crippen molar-refractivity contribution < 1.29 is 9.59 Å². The first-order chi connectivity index (χ1) is 11.5. The van der Waals surface area contributed by atoms with E-state index in [1.165, 1.54) is 5.01 Å². The van der Waals surface area contributed by atoms with Gasteiger partial charge in [0.2, 0.25) is 5.91 Å². The normalized spacial score (nSPS) is 14.3. The molecule has 1 aliphatic rings. The highest BCUT2D eigenvalue weighted by Gasteiger charge is 2.26. The number of nitrogens with zero attached hydrogens (tertiary/aromatic N) is 2. The second-order valence-corrected chi connectivity index (χ2v) is 5.86. The summed E-state index contributed by atoms with van der Waals surface area (Å²) in [6.45, 7) is 3.90. The number of hydrogen-bond acceptors (Lipinski definition) is 3. The van der Waals surface area contributed by atoms with E-state index in [-0.39, 0.29) is 18.2 Å². The van der Waals surface area contributed by atoms with Gasteiger partial charge in [-0.1, -0.05) is 35.9 Å². The monoisotopic (exact) mass is 321 g/mol. The van der Waals surface area contributed by atoms with Gasteiger partial charge in [0, 0.05) is 18.5 Å². The van der Waals surface area contributed by atoms with Crippen LogP contribution in [0.1, 0.15) is 24.0 Å². The van der Waals surface area contributed by atoms with Crippen LogP contribution in [-0.2, 0) is 9.59 Å². The second-order valence-electron chi connectivity index (χ2n) is 5.86. The Kier molecular flexibility index (Phi) is 4.42. The van der Waals surface area contributed by atoms with Gasteiger partial charge in [-0.3, -0.25) is 9.59 Å². The Bertz CT molecular complexity index is 810. The van der Waals surface area contributed by atoms with Gasteiger partial charge < -0.3 is 5.32 Å². The highest BCUT2D eigenvalue weighted by Crippen LogP contribution is 2.24. The van der Waals surface area contributed by atoms with Crippen LogP contribution in [0, 0.1) is 13.8 Å². The Morgan fingerprint density at radius 1 is 1.04 bits per heavy atom. The molecule has 2 aromatic carbocycles. The molecular formula is C19H19N3O2. The number of anilines is 2. The summed E-state index contributed by atoms with van der Waals surface area (Å²) in [7, 11) is 0. The minimum Gasteiger partial charge on any atom is -0.321 e. The third kappa shape index (κ3) is 3.35. The number of para-hydroxylation sites is 1. The second kappa shape index (κ2) is 6.66. The largest absolute Gasteiger partial charge is 0.321 e. The van der Waals surface area contributed by atoms with E-state index in [4.69, 9.17) is 0 Å². The predicted octanol–water partition coefficient (Wildman–Crippen LogP) is 3.42. The molecule has 0 aromatic heterocycles. The van der Waals surface area contributed by atoms with Crippen molar-refractivity contribution in [1.29, 1.82) is 0 Å². The topological polar surface area (TPSA) is 61.8 Å². The van der Waals surface area contributed by atoms with E-state index in [9.17, 15) is 9.59 Å². The van der Waals surface area contributed by atoms with E-state index >= 15 is 0 Å². The summed E-state index contributed by atoms with van der Waals surface area (Å²) < 4.78 is 0. The molecule has 0 saturated heterocycles. The molecule has 0 bridgehead atoms. The van der Waals surface area contributed by atoms with Gasteiger partial charge in [-0.25, -0.2) is 5.01 Å². The lowest BCUT2D eigenvalue weighted by atomic mass is 10.1. The number of nitrogens with one attached hydrogen (secondary N) is 1. The first kappa shape index (κ1) is 15.9. The lowest BCUT2D eigenvalue weighted by Gasteiger charge is -2.24. The maximum Gasteiger partial charge on any atom is 0.271 e. The Hall–Kier alpha value is -2.95. The summed E-state index contributed by atoms with van der Waals surface area (Å²) in [6, 6.07) is 15.1. The van der Waals surface area contributed by atoms with Crippen LogP contribution in [0.3, 0.4) is 0 Å². The molecule has 0 spiro atoms. The van der Waals surface area contributed by atoms with Crippen molar-refractivity contribution in [3.63, 3.8) is 0 Å². The molecule has 122 valence electrons. The van der Waals surface area contributed by atoms with Crippen LogP contribution >= 0.6 is 0 Å². The summed E-state index contributed by atoms with van der Waals surface area (Å²) >= 11 is 0. The third-order valence-electron chi connectivity index (χ3n) is 3.95. The Balaban J connectivity index is 1.83. The summed E-state index contributed by atoms with van der Waals surface area (Å²) in [6.07, 6.45) is 0.618. The molecule has 2 aromatic rings. The summed E-state index contributed by atoms with van der Waals surface area (Å²) in [5.41, 5.74) is 3.85. The van der Waals surface area contributed by atoms with Crippen molar-refractivity contribution in [3.8, 4) is 0 Å². The maximum atomic E-state index is 12.4. The molecule has 0 saturated carbocycles. The molecule has 2 amide bonds. The van der Waals surface area contributed by atoms with E-state index < -0.39 is 0 Å². The number of aryl methyl sites for hydroxylation is 2. The standard InChI is InChI=1S/C19H19N3O2/c1-13-7-9-15(10-8-13)20-19(24)16-11-12-18(23)22(21-16)17-6-4-3-5-14(17)2/h3-10H,11-12H2,1-2H3,(H,20,24). The Morgan fingerprint density at radius 3 is 2.46 bits per heavy atom. The molecule has 5 nitrogen and oxygen atoms in total. The minimum atomic E-state index is -0.273. The predicted molar refractivity (Wildman–Crippen MR) is 95.1 cm³/mol. The van der Waals surface area contributed by atoms with Crippen molar-refractivity contribution in [2.75, 3.05) is 10.3 Å². The molecule has 0 unspecified atom stereocenters. The molecule has 0 atom stereocenters. The van der Waals surface area contributed by atoms with Gasteiger partial charge in [0.15, 0.2) is 0 Å². The Labute approximate surface area is 141 Å². The van der Waals surface area contributed by atoms with Crippen LogP contribution in [0.15, 0.2) is 53.6 Å². The first-order valence-corrected chi connectivity index (χ1v) is 7.88. The number of carbonyl (C=O) groups is 2. The fourth-order valence-corrected chi connectivity index (χ4v) is 2.55. The summed E-state index contributed by atoms with van der Waals surface area (Å²) in [4.78, 5) is 24.6. The number of rotatable bonds is 3. The van der Waals surface area contributed by atoms with E-state index in [0.717, 1.165) is 11.1 Å². The van der Waals surface area contributed by atoms with Gasteiger partial charge in [0.1, 0.15) is 5.71 Å². The highest BCUT2D eigenvalue weighted by atomic mass is 16.2. The first-order valence-electron chi connectivity index (χ1n) is 7.88. The third-order valence-corrected chi connectivity index (χ3v) is 3.95. The lowest BCUT2D eigenvalue weighted by Crippen LogP contribution is -2.36. The smallest absolute Gasteiger partial charge is 0.271 e. The summed E-state index contributed by atoms with van der Waals surface area (Å²) in [5.74, 6) is -0.374. The number of amides is 2. The van der Waals surface area contributed by atoms with Crippen LogP contribution in [0.25, 0.3) is 0 Å². The van der Waals surface area contributed by atoms with Gasteiger partial charge in [-0.15, -0.1) is 0 Å². The van der Waals surface area contributed by atoms with Crippen molar-refractivity contribution in [2.24, 2.45) is 5.10 Å². The fourth-order valence-electron chi connectivity index (χ4n) is 2.55. The summed E-state index contributed by atoms with van der Waals surface area (Å²) in [5, 5.41) is 8.46. The van der Waals surface area contributed by atoms with E-state index in [1.807, 2.05) is 62.4 Å². The molecule has 0 fully saturated rings. The molecule has 24 heavy (non-hydrogen) atoms. The van der Waals surface area contributed by atoms with Gasteiger partial charge in [0.05, 0.1) is 5.69 Å². The average molecular weight is 321 g/mol. The van der Waals surface area contributed by atoms with Crippen molar-refractivity contribution in [1.82, 2.24) is 0 Å². The number of benzene rings is 2. The van der Waals surface area contributed by atoms with Crippen molar-refractivity contribution in [3.05, 3.63) is 59.7 Å². The van der Waals surface area contributed by atoms with Crippen LogP contribution in [0.4, 0.5) is 11.4 Å². The molecular weight excluding hydrogens is 302 g/mol. The van der Waals surface area contributed by atoms with Crippen molar-refractivity contribution in [2.45, 2.75) is 26.7 Å². The van der Waals surface area contributed by atoms with Crippen molar-refractivity contribution >= 4 is 28.9 Å². The zero-order valence-electron chi connectivity index (χ0n) is 13.7. The molecule has 5 heteroatoms. The Morgan fingerprint density at radius 2 is 1.75 bits per heavy atom. The molecule has 1 N–H and O–H groups in total. The molecule has 0 aliphatic carbocycles. The van der Waals surface area contributed by atoms with Crippen LogP contribution in [-0.4, -0.2) is 17.5 Å². The lowest BCUT2D eigenvalue weighted by molar-refractivity contribution is -0.118. The van der Waals surface area contributed by atoms with E-state index in [2.05, 4.69) is 10.4 Å². The van der Waals surface area contributed by atoms with Gasteiger partial charge in [0.25, 0.3) is 5.91 Å². The zero-order valence-corrected chi connectivity index (χ0v) is 13.7.